The van der Waals surface area contributed by atoms with Crippen LogP contribution in [0.4, 0.5) is 0 Å². The van der Waals surface area contributed by atoms with Crippen LogP contribution in [0.15, 0.2) is 57.7 Å². The molecule has 1 amide bonds. The van der Waals surface area contributed by atoms with Crippen molar-refractivity contribution in [2.75, 3.05) is 6.61 Å². The van der Waals surface area contributed by atoms with Crippen LogP contribution in [0.2, 0.25) is 0 Å². The van der Waals surface area contributed by atoms with E-state index in [2.05, 4.69) is 5.32 Å². The summed E-state index contributed by atoms with van der Waals surface area (Å²) < 4.78 is 11.2. The lowest BCUT2D eigenvalue weighted by atomic mass is 10.0. The zero-order valence-electron chi connectivity index (χ0n) is 17.7. The number of carbonyl (C=O) groups excluding carboxylic acids is 1. The fourth-order valence-electron chi connectivity index (χ4n) is 3.30. The maximum Gasteiger partial charge on any atom is 0.344 e. The van der Waals surface area contributed by atoms with Gasteiger partial charge in [0, 0.05) is 0 Å². The Hall–Kier alpha value is -3.61. The van der Waals surface area contributed by atoms with Crippen LogP contribution in [0.25, 0.3) is 22.1 Å². The van der Waals surface area contributed by atoms with E-state index in [9.17, 15) is 19.5 Å². The first-order valence-electron chi connectivity index (χ1n) is 10.0. The minimum atomic E-state index is -1.09. The fraction of sp³-hybridized carbons (Fsp3) is 0.292. The Morgan fingerprint density at radius 2 is 1.87 bits per heavy atom. The number of carboxylic acid groups (broad SMARTS) is 1. The summed E-state index contributed by atoms with van der Waals surface area (Å²) in [7, 11) is 0. The molecule has 162 valence electrons. The molecule has 0 fully saturated rings. The van der Waals surface area contributed by atoms with E-state index in [1.165, 1.54) is 0 Å². The number of rotatable bonds is 8. The molecule has 1 aromatic heterocycles. The molecule has 31 heavy (non-hydrogen) atoms. The van der Waals surface area contributed by atoms with Crippen LogP contribution < -0.4 is 15.7 Å². The molecule has 2 N–H and O–H groups in total. The van der Waals surface area contributed by atoms with Crippen LogP contribution in [0.5, 0.6) is 5.75 Å². The molecule has 0 unspecified atom stereocenters. The number of aliphatic carboxylic acids is 1. The maximum atomic E-state index is 12.4. The van der Waals surface area contributed by atoms with Gasteiger partial charge in [-0.15, -0.1) is 0 Å². The summed E-state index contributed by atoms with van der Waals surface area (Å²) in [5.74, 6) is -0.835. The summed E-state index contributed by atoms with van der Waals surface area (Å²) in [4.78, 5) is 36.0. The van der Waals surface area contributed by atoms with Gasteiger partial charge in [-0.2, -0.15) is 0 Å². The van der Waals surface area contributed by atoms with E-state index in [4.69, 9.17) is 9.15 Å². The molecule has 0 aliphatic rings. The smallest absolute Gasteiger partial charge is 0.344 e. The van der Waals surface area contributed by atoms with Crippen LogP contribution in [-0.2, 0) is 9.59 Å². The zero-order valence-corrected chi connectivity index (χ0v) is 17.7. The molecule has 1 heterocycles. The molecule has 1 atom stereocenters. The Balaban J connectivity index is 1.83. The van der Waals surface area contributed by atoms with Gasteiger partial charge in [0.05, 0.1) is 10.9 Å². The number of aryl methyl sites for hydroxylation is 1. The molecule has 7 heteroatoms. The summed E-state index contributed by atoms with van der Waals surface area (Å²) in [5, 5.41) is 13.0. The average Bonchev–Trinajstić information content (AvgIpc) is 2.72. The summed E-state index contributed by atoms with van der Waals surface area (Å²) in [6, 6.07) is 13.2. The van der Waals surface area contributed by atoms with E-state index >= 15 is 0 Å². The molecule has 2 aromatic carbocycles. The van der Waals surface area contributed by atoms with Crippen LogP contribution in [0.1, 0.15) is 25.8 Å². The number of carbonyl (C=O) groups is 2. The van der Waals surface area contributed by atoms with Crippen molar-refractivity contribution in [3.05, 3.63) is 64.5 Å². The summed E-state index contributed by atoms with van der Waals surface area (Å²) >= 11 is 0. The first-order valence-corrected chi connectivity index (χ1v) is 10.0. The number of hydrogen-bond acceptors (Lipinski definition) is 5. The maximum absolute atomic E-state index is 12.4. The largest absolute Gasteiger partial charge is 0.483 e. The number of benzene rings is 2. The molecule has 0 saturated heterocycles. The predicted molar refractivity (Wildman–Crippen MR) is 117 cm³/mol. The van der Waals surface area contributed by atoms with Crippen LogP contribution >= 0.6 is 0 Å². The lowest BCUT2D eigenvalue weighted by Gasteiger charge is -2.17. The van der Waals surface area contributed by atoms with Gasteiger partial charge in [-0.05, 0) is 48.9 Å². The lowest BCUT2D eigenvalue weighted by molar-refractivity contribution is -0.142. The third-order valence-electron chi connectivity index (χ3n) is 4.77. The molecule has 0 radical (unpaired) electrons. The molecule has 0 bridgehead atoms. The van der Waals surface area contributed by atoms with Crippen molar-refractivity contribution in [1.82, 2.24) is 5.32 Å². The van der Waals surface area contributed by atoms with Crippen molar-refractivity contribution >= 4 is 22.6 Å². The number of nitrogens with one attached hydrogen (secondary N) is 1. The van der Waals surface area contributed by atoms with E-state index in [-0.39, 0.29) is 12.5 Å². The van der Waals surface area contributed by atoms with Gasteiger partial charge in [-0.25, -0.2) is 9.59 Å². The van der Waals surface area contributed by atoms with Gasteiger partial charge >= 0.3 is 11.6 Å². The Morgan fingerprint density at radius 1 is 1.13 bits per heavy atom. The standard InChI is InChI=1S/C24H25NO6/c1-14(2)10-19(23(27)28)25-22(26)13-30-20-9-8-15(3)11-18(20)21-12-16-6-4-5-7-17(16)24(29)31-21/h4-9,11-12,14,19H,10,13H2,1-3H3,(H,25,26)(H,27,28)/t19-/m0/s1. The van der Waals surface area contributed by atoms with Crippen molar-refractivity contribution < 1.29 is 23.8 Å². The Morgan fingerprint density at radius 3 is 2.58 bits per heavy atom. The third kappa shape index (κ3) is 5.51. The Bertz CT molecular complexity index is 1160. The summed E-state index contributed by atoms with van der Waals surface area (Å²) in [6.07, 6.45) is 0.319. The quantitative estimate of drug-likeness (QED) is 0.571. The molecule has 3 rings (SSSR count). The van der Waals surface area contributed by atoms with E-state index < -0.39 is 23.5 Å². The summed E-state index contributed by atoms with van der Waals surface area (Å²) in [5.41, 5.74) is 0.995. The van der Waals surface area contributed by atoms with Gasteiger partial charge in [0.1, 0.15) is 17.6 Å². The van der Waals surface area contributed by atoms with Gasteiger partial charge in [0.2, 0.25) is 0 Å². The van der Waals surface area contributed by atoms with Crippen molar-refractivity contribution in [1.29, 1.82) is 0 Å². The second-order valence-corrected chi connectivity index (χ2v) is 7.86. The average molecular weight is 423 g/mol. The van der Waals surface area contributed by atoms with Crippen LogP contribution in [0.3, 0.4) is 0 Å². The first kappa shape index (κ1) is 22.1. The number of ether oxygens (including phenoxy) is 1. The number of hydrogen-bond donors (Lipinski definition) is 2. The van der Waals surface area contributed by atoms with E-state index in [0.29, 0.717) is 28.9 Å². The normalized spacial score (nSPS) is 12.0. The van der Waals surface area contributed by atoms with Gasteiger partial charge in [0.25, 0.3) is 5.91 Å². The highest BCUT2D eigenvalue weighted by Crippen LogP contribution is 2.32. The van der Waals surface area contributed by atoms with Crippen molar-refractivity contribution in [2.24, 2.45) is 5.92 Å². The molecule has 0 saturated carbocycles. The molecule has 0 aliphatic heterocycles. The van der Waals surface area contributed by atoms with Gasteiger partial charge < -0.3 is 19.6 Å². The van der Waals surface area contributed by atoms with E-state index in [0.717, 1.165) is 10.9 Å². The van der Waals surface area contributed by atoms with Gasteiger partial charge in [-0.3, -0.25) is 4.79 Å². The number of fused-ring (bicyclic) bond motifs is 1. The van der Waals surface area contributed by atoms with E-state index in [1.54, 1.807) is 30.3 Å². The molecule has 0 spiro atoms. The van der Waals surface area contributed by atoms with E-state index in [1.807, 2.05) is 39.0 Å². The highest BCUT2D eigenvalue weighted by molar-refractivity contribution is 5.86. The predicted octanol–water partition coefficient (Wildman–Crippen LogP) is 3.76. The Labute approximate surface area is 179 Å². The molecule has 3 aromatic rings. The first-order chi connectivity index (χ1) is 14.7. The number of amides is 1. The van der Waals surface area contributed by atoms with Crippen molar-refractivity contribution in [2.45, 2.75) is 33.2 Å². The van der Waals surface area contributed by atoms with Crippen LogP contribution in [0, 0.1) is 12.8 Å². The highest BCUT2D eigenvalue weighted by Gasteiger charge is 2.21. The highest BCUT2D eigenvalue weighted by atomic mass is 16.5. The van der Waals surface area contributed by atoms with Gasteiger partial charge in [-0.1, -0.05) is 43.7 Å². The third-order valence-corrected chi connectivity index (χ3v) is 4.77. The lowest BCUT2D eigenvalue weighted by Crippen LogP contribution is -2.43. The minimum absolute atomic E-state index is 0.113. The monoisotopic (exact) mass is 423 g/mol. The van der Waals surface area contributed by atoms with Gasteiger partial charge in [0.15, 0.2) is 6.61 Å². The zero-order chi connectivity index (χ0) is 22.5. The molecule has 0 aliphatic carbocycles. The Kier molecular flexibility index (Phi) is 6.74. The second kappa shape index (κ2) is 9.47. The number of carboxylic acids is 1. The van der Waals surface area contributed by atoms with Crippen molar-refractivity contribution in [3.8, 4) is 17.1 Å². The second-order valence-electron chi connectivity index (χ2n) is 7.86. The molecule has 7 nitrogen and oxygen atoms in total. The van der Waals surface area contributed by atoms with Crippen LogP contribution in [-0.4, -0.2) is 29.6 Å². The summed E-state index contributed by atoms with van der Waals surface area (Å²) in [6.45, 7) is 5.29. The topological polar surface area (TPSA) is 106 Å². The van der Waals surface area contributed by atoms with Crippen molar-refractivity contribution in [3.63, 3.8) is 0 Å². The fourth-order valence-corrected chi connectivity index (χ4v) is 3.30. The SMILES string of the molecule is Cc1ccc(OCC(=O)N[C@@H](CC(C)C)C(=O)O)c(-c2cc3ccccc3c(=O)o2)c1. The molecular weight excluding hydrogens is 398 g/mol. The molecular formula is C24H25NO6. The minimum Gasteiger partial charge on any atom is -0.483 e.